The van der Waals surface area contributed by atoms with E-state index < -0.39 is 5.56 Å². The second-order valence-electron chi connectivity index (χ2n) is 6.49. The summed E-state index contributed by atoms with van der Waals surface area (Å²) in [5.41, 5.74) is 1.32. The summed E-state index contributed by atoms with van der Waals surface area (Å²) in [6.07, 6.45) is 0.478. The van der Waals surface area contributed by atoms with Gasteiger partial charge >= 0.3 is 0 Å². The lowest BCUT2D eigenvalue weighted by Gasteiger charge is -2.13. The fraction of sp³-hybridized carbons (Fsp3) is 0.182. The number of benzene rings is 2. The minimum atomic E-state index is -0.506. The van der Waals surface area contributed by atoms with Crippen molar-refractivity contribution in [2.45, 2.75) is 19.9 Å². The van der Waals surface area contributed by atoms with Crippen molar-refractivity contribution in [3.05, 3.63) is 80.0 Å². The SMILES string of the molecule is COc1ccc(CCn2c(O)c(C#N)c(C)c(N=Nc3ccccc3Br)c2=O)cc1. The molecule has 3 aromatic rings. The van der Waals surface area contributed by atoms with Gasteiger partial charge in [-0.1, -0.05) is 24.3 Å². The number of rotatable bonds is 6. The van der Waals surface area contributed by atoms with Crippen LogP contribution < -0.4 is 10.3 Å². The molecule has 0 atom stereocenters. The smallest absolute Gasteiger partial charge is 0.281 e. The van der Waals surface area contributed by atoms with E-state index in [2.05, 4.69) is 26.2 Å². The largest absolute Gasteiger partial charge is 0.497 e. The Labute approximate surface area is 182 Å². The average Bonchev–Trinajstić information content (AvgIpc) is 2.75. The lowest BCUT2D eigenvalue weighted by atomic mass is 10.1. The highest BCUT2D eigenvalue weighted by Gasteiger charge is 2.19. The zero-order chi connectivity index (χ0) is 21.7. The van der Waals surface area contributed by atoms with Crippen LogP contribution in [0.5, 0.6) is 11.6 Å². The summed E-state index contributed by atoms with van der Waals surface area (Å²) in [6, 6.07) is 16.6. The number of hydrogen-bond donors (Lipinski definition) is 1. The third kappa shape index (κ3) is 4.42. The van der Waals surface area contributed by atoms with Gasteiger partial charge in [0.1, 0.15) is 17.4 Å². The minimum absolute atomic E-state index is 0.00501. The summed E-state index contributed by atoms with van der Waals surface area (Å²) < 4.78 is 7.03. The quantitative estimate of drug-likeness (QED) is 0.506. The minimum Gasteiger partial charge on any atom is -0.497 e. The number of azo groups is 1. The Morgan fingerprint density at radius 2 is 1.87 bits per heavy atom. The fourth-order valence-electron chi connectivity index (χ4n) is 2.93. The van der Waals surface area contributed by atoms with Gasteiger partial charge in [0.2, 0.25) is 5.88 Å². The molecule has 1 N–H and O–H groups in total. The van der Waals surface area contributed by atoms with Gasteiger partial charge in [-0.05, 0) is 59.1 Å². The Hall–Kier alpha value is -3.44. The first kappa shape index (κ1) is 21.3. The van der Waals surface area contributed by atoms with Crippen LogP contribution >= 0.6 is 15.9 Å². The molecule has 2 aromatic carbocycles. The first-order valence-electron chi connectivity index (χ1n) is 9.12. The number of pyridine rings is 1. The third-order valence-corrected chi connectivity index (χ3v) is 5.33. The number of methoxy groups -OCH3 is 1. The number of halogens is 1. The van der Waals surface area contributed by atoms with Crippen molar-refractivity contribution in [2.75, 3.05) is 7.11 Å². The van der Waals surface area contributed by atoms with Crippen LogP contribution in [0.1, 0.15) is 16.7 Å². The molecule has 0 saturated heterocycles. The van der Waals surface area contributed by atoms with E-state index >= 15 is 0 Å². The second kappa shape index (κ2) is 9.37. The second-order valence-corrected chi connectivity index (χ2v) is 7.34. The number of aromatic nitrogens is 1. The Kier molecular flexibility index (Phi) is 6.65. The predicted molar refractivity (Wildman–Crippen MR) is 117 cm³/mol. The van der Waals surface area contributed by atoms with E-state index in [0.717, 1.165) is 20.4 Å². The zero-order valence-corrected chi connectivity index (χ0v) is 18.0. The molecule has 0 aliphatic heterocycles. The summed E-state index contributed by atoms with van der Waals surface area (Å²) >= 11 is 3.38. The van der Waals surface area contributed by atoms with Gasteiger partial charge in [0.15, 0.2) is 5.69 Å². The van der Waals surface area contributed by atoms with Gasteiger partial charge in [0, 0.05) is 16.6 Å². The van der Waals surface area contributed by atoms with Gasteiger partial charge in [-0.25, -0.2) is 0 Å². The number of aryl methyl sites for hydroxylation is 1. The van der Waals surface area contributed by atoms with Crippen molar-refractivity contribution >= 4 is 27.3 Å². The van der Waals surface area contributed by atoms with Crippen molar-refractivity contribution < 1.29 is 9.84 Å². The molecule has 8 heteroatoms. The standard InChI is InChI=1S/C22H19BrN4O3/c1-14-17(13-24)21(28)27(12-11-15-7-9-16(30-2)10-8-15)22(29)20(14)26-25-19-6-4-3-5-18(19)23/h3-10,28H,11-12H2,1-2H3. The number of nitrogens with zero attached hydrogens (tertiary/aromatic N) is 4. The summed E-state index contributed by atoms with van der Waals surface area (Å²) in [7, 11) is 1.59. The van der Waals surface area contributed by atoms with Crippen LogP contribution in [0.2, 0.25) is 0 Å². The maximum absolute atomic E-state index is 13.0. The van der Waals surface area contributed by atoms with Gasteiger partial charge in [0.25, 0.3) is 5.56 Å². The van der Waals surface area contributed by atoms with Gasteiger partial charge in [0.05, 0.1) is 12.8 Å². The van der Waals surface area contributed by atoms with Crippen LogP contribution in [0.15, 0.2) is 68.0 Å². The van der Waals surface area contributed by atoms with Crippen molar-refractivity contribution in [3.63, 3.8) is 0 Å². The first-order valence-corrected chi connectivity index (χ1v) is 9.91. The van der Waals surface area contributed by atoms with E-state index in [1.54, 1.807) is 26.2 Å². The molecule has 1 aromatic heterocycles. The molecule has 0 spiro atoms. The number of hydrogen-bond acceptors (Lipinski definition) is 6. The van der Waals surface area contributed by atoms with Crippen LogP contribution in [-0.4, -0.2) is 16.8 Å². The Morgan fingerprint density at radius 1 is 1.17 bits per heavy atom. The molecule has 0 aliphatic rings. The number of nitriles is 1. The van der Waals surface area contributed by atoms with Crippen LogP contribution in [0, 0.1) is 18.3 Å². The summed E-state index contributed by atoms with van der Waals surface area (Å²) in [6.45, 7) is 1.76. The molecule has 7 nitrogen and oxygen atoms in total. The van der Waals surface area contributed by atoms with Crippen molar-refractivity contribution in [1.82, 2.24) is 4.57 Å². The molecule has 0 bridgehead atoms. The normalized spacial score (nSPS) is 10.9. The summed E-state index contributed by atoms with van der Waals surface area (Å²) in [5, 5.41) is 28.2. The molecule has 0 fully saturated rings. The molecular weight excluding hydrogens is 448 g/mol. The maximum atomic E-state index is 13.0. The van der Waals surface area contributed by atoms with E-state index in [1.807, 2.05) is 42.5 Å². The van der Waals surface area contributed by atoms with Crippen LogP contribution in [0.3, 0.4) is 0 Å². The topological polar surface area (TPSA) is 100.0 Å². The molecule has 152 valence electrons. The highest BCUT2D eigenvalue weighted by atomic mass is 79.9. The number of ether oxygens (including phenoxy) is 1. The van der Waals surface area contributed by atoms with E-state index in [0.29, 0.717) is 12.1 Å². The maximum Gasteiger partial charge on any atom is 0.281 e. The van der Waals surface area contributed by atoms with Gasteiger partial charge in [-0.15, -0.1) is 10.2 Å². The van der Waals surface area contributed by atoms with Gasteiger partial charge < -0.3 is 9.84 Å². The Morgan fingerprint density at radius 3 is 2.50 bits per heavy atom. The molecule has 0 amide bonds. The molecule has 1 heterocycles. The Bertz CT molecular complexity index is 1190. The molecular formula is C22H19BrN4O3. The van der Waals surface area contributed by atoms with Crippen molar-refractivity contribution in [2.24, 2.45) is 10.2 Å². The molecule has 0 aliphatic carbocycles. The highest BCUT2D eigenvalue weighted by molar-refractivity contribution is 9.10. The first-order chi connectivity index (χ1) is 14.5. The van der Waals surface area contributed by atoms with Gasteiger partial charge in [-0.2, -0.15) is 5.26 Å². The number of aromatic hydroxyl groups is 1. The predicted octanol–water partition coefficient (Wildman–Crippen LogP) is 5.16. The monoisotopic (exact) mass is 466 g/mol. The van der Waals surface area contributed by atoms with Crippen molar-refractivity contribution in [3.8, 4) is 17.7 Å². The lowest BCUT2D eigenvalue weighted by molar-refractivity contribution is 0.403. The Balaban J connectivity index is 1.99. The molecule has 0 saturated carbocycles. The molecule has 0 unspecified atom stereocenters. The third-order valence-electron chi connectivity index (χ3n) is 4.66. The van der Waals surface area contributed by atoms with E-state index in [9.17, 15) is 15.2 Å². The summed E-state index contributed by atoms with van der Waals surface area (Å²) in [4.78, 5) is 13.0. The van der Waals surface area contributed by atoms with E-state index in [1.165, 1.54) is 0 Å². The highest BCUT2D eigenvalue weighted by Crippen LogP contribution is 2.29. The van der Waals surface area contributed by atoms with E-state index in [4.69, 9.17) is 4.74 Å². The molecule has 0 radical (unpaired) electrons. The van der Waals surface area contributed by atoms with Crippen LogP contribution in [0.25, 0.3) is 0 Å². The van der Waals surface area contributed by atoms with Crippen LogP contribution in [0.4, 0.5) is 11.4 Å². The molecule has 3 rings (SSSR count). The average molecular weight is 467 g/mol. The van der Waals surface area contributed by atoms with Crippen molar-refractivity contribution in [1.29, 1.82) is 5.26 Å². The fourth-order valence-corrected chi connectivity index (χ4v) is 3.30. The molecule has 30 heavy (non-hydrogen) atoms. The summed E-state index contributed by atoms with van der Waals surface area (Å²) in [5.74, 6) is 0.365. The van der Waals surface area contributed by atoms with Crippen LogP contribution in [-0.2, 0) is 13.0 Å². The zero-order valence-electron chi connectivity index (χ0n) is 16.5. The van der Waals surface area contributed by atoms with E-state index in [-0.39, 0.29) is 29.2 Å². The van der Waals surface area contributed by atoms with Gasteiger partial charge in [-0.3, -0.25) is 9.36 Å². The lowest BCUT2D eigenvalue weighted by Crippen LogP contribution is -2.22.